The van der Waals surface area contributed by atoms with Gasteiger partial charge in [0, 0.05) is 135 Å². The Morgan fingerprint density at radius 3 is 0.927 bits per heavy atom. The summed E-state index contributed by atoms with van der Waals surface area (Å²) in [5.41, 5.74) is 20.0. The van der Waals surface area contributed by atoms with Crippen LogP contribution in [0.25, 0.3) is 44.5 Å². The summed E-state index contributed by atoms with van der Waals surface area (Å²) in [6.45, 7) is 0. The van der Waals surface area contributed by atoms with E-state index in [9.17, 15) is 0 Å². The molecule has 0 saturated heterocycles. The van der Waals surface area contributed by atoms with Gasteiger partial charge in [0.2, 0.25) is 11.1 Å². The Hall–Kier alpha value is -11.5. The monoisotopic (exact) mass is 1600 g/mol. The molecule has 4 aliphatic carbocycles. The van der Waals surface area contributed by atoms with E-state index < -0.39 is 21.9 Å². The molecule has 0 saturated carbocycles. The maximum Gasteiger partial charge on any atom is 2.00 e. The van der Waals surface area contributed by atoms with E-state index in [0.29, 0.717) is 0 Å². The van der Waals surface area contributed by atoms with Crippen LogP contribution in [-0.2, 0) is 64.0 Å². The molecule has 0 atom stereocenters. The van der Waals surface area contributed by atoms with Gasteiger partial charge in [0.15, 0.2) is 14.1 Å². The van der Waals surface area contributed by atoms with E-state index >= 15 is 0 Å². The van der Waals surface area contributed by atoms with Crippen LogP contribution in [0.15, 0.2) is 245 Å². The molecule has 0 bridgehead atoms. The number of rotatable bonds is 8. The Morgan fingerprint density at radius 1 is 0.333 bits per heavy atom. The predicted octanol–water partition coefficient (Wildman–Crippen LogP) is 10.5. The van der Waals surface area contributed by atoms with Gasteiger partial charge in [0.1, 0.15) is 0 Å². The molecule has 14 heterocycles. The molecule has 20 rings (SSSR count). The maximum atomic E-state index is 4.90. The van der Waals surface area contributed by atoms with Crippen LogP contribution in [0, 0.1) is 12.1 Å². The summed E-state index contributed by atoms with van der Waals surface area (Å²) in [7, 11) is 3.99. The number of fused-ring (bicyclic) bond motifs is 14. The number of benzene rings is 2. The topological polar surface area (TPSA) is 195 Å². The summed E-state index contributed by atoms with van der Waals surface area (Å²) in [6.07, 6.45) is 37.3. The zero-order valence-corrected chi connectivity index (χ0v) is 55.3. The number of hydrogen-bond acceptors (Lipinski definition) is 12. The molecule has 456 valence electrons. The molecule has 0 amide bonds. The average molecular weight is 1600 g/mol. The third-order valence-electron chi connectivity index (χ3n) is 19.6. The molecule has 0 N–H and O–H groups in total. The fraction of sp³-hybridized carbons (Fsp3) is 0.0789. The van der Waals surface area contributed by atoms with Crippen molar-refractivity contribution in [3.8, 4) is 44.5 Å². The average Bonchev–Trinajstić information content (AvgIpc) is 1.53. The number of pyridine rings is 10. The molecular formula is C76H46N18Pt2+4. The van der Waals surface area contributed by atoms with Crippen LogP contribution in [0.1, 0.15) is 78.1 Å². The minimum atomic E-state index is -0.954. The summed E-state index contributed by atoms with van der Waals surface area (Å²) >= 11 is 0. The van der Waals surface area contributed by atoms with Gasteiger partial charge in [-0.15, -0.1) is 11.1 Å². The third-order valence-corrected chi connectivity index (χ3v) is 19.6. The quantitative estimate of drug-likeness (QED) is 0.103. The first-order chi connectivity index (χ1) is 46.5. The molecule has 0 fully saturated rings. The van der Waals surface area contributed by atoms with E-state index in [1.54, 1.807) is 12.4 Å². The Bertz CT molecular complexity index is 5170. The first-order valence-electron chi connectivity index (χ1n) is 30.5. The van der Waals surface area contributed by atoms with E-state index in [1.807, 2.05) is 159 Å². The summed E-state index contributed by atoms with van der Waals surface area (Å²) in [5, 5.41) is 18.0. The van der Waals surface area contributed by atoms with Crippen LogP contribution in [0.5, 0.6) is 0 Å². The molecule has 6 aliphatic rings. The van der Waals surface area contributed by atoms with Crippen molar-refractivity contribution in [2.45, 2.75) is 21.9 Å². The summed E-state index contributed by atoms with van der Waals surface area (Å²) in [4.78, 5) is 46.9. The number of nitrogens with zero attached hydrogens (tertiary/aromatic N) is 18. The van der Waals surface area contributed by atoms with Crippen LogP contribution in [0.3, 0.4) is 0 Å². The van der Waals surface area contributed by atoms with Gasteiger partial charge in [0.25, 0.3) is 0 Å². The fourth-order valence-corrected chi connectivity index (χ4v) is 16.0. The van der Waals surface area contributed by atoms with Gasteiger partial charge in [-0.1, -0.05) is 41.6 Å². The number of aromatic nitrogens is 14. The van der Waals surface area contributed by atoms with Gasteiger partial charge in [0.05, 0.1) is 33.1 Å². The second-order valence-corrected chi connectivity index (χ2v) is 23.8. The van der Waals surface area contributed by atoms with Crippen LogP contribution in [0.4, 0.5) is 23.0 Å². The minimum Gasteiger partial charge on any atom is -0.581 e. The standard InChI is InChI=1S/2C38H23N9.2Pt/c2*1-46-23-47(36-34(46)6-3-12-43-36)38(32-21-41-15-9-28(32)29-10-16-42-22-33(29)38)25-5-2-4-24(18-25)37(35-11-17-44-45-35)30-19-39-13-7-26(30)27-8-14-40-20-31(27)37;;/h2*2-17,19-22H,1H3;;/q;;2*+2. The van der Waals surface area contributed by atoms with Gasteiger partial charge < -0.3 is 20.4 Å². The zero-order valence-electron chi connectivity index (χ0n) is 50.8. The SMILES string of the molecule is C[N+]1=C=[N+](C2(c3[c-]c(C4(c5cc[n-]n5)c5cnccc5-c5ccncc54)ccc3)c3cnccc3-c3ccncc32)c2ncccc21.C[N+]1=C=[N+](C2(c3[c-]c(C4(c5cc[n-]n5)c5cnccc5-c5ccncc54)ccc3)c3cnccc3-c3ccncc32)c2ncccc21.[Pt+2].[Pt+2]. The van der Waals surface area contributed by atoms with Gasteiger partial charge in [-0.2, -0.15) is 70.9 Å². The second kappa shape index (κ2) is 22.1. The molecule has 96 heavy (non-hydrogen) atoms. The predicted molar refractivity (Wildman–Crippen MR) is 343 cm³/mol. The van der Waals surface area contributed by atoms with E-state index in [1.165, 1.54) is 0 Å². The van der Waals surface area contributed by atoms with E-state index in [2.05, 4.69) is 180 Å². The van der Waals surface area contributed by atoms with Crippen LogP contribution in [-0.4, -0.2) is 104 Å². The van der Waals surface area contributed by atoms with E-state index in [0.717, 1.165) is 146 Å². The van der Waals surface area contributed by atoms with Crippen molar-refractivity contribution in [1.29, 1.82) is 0 Å². The largest absolute Gasteiger partial charge is 2.00 e. The Labute approximate surface area is 577 Å². The first-order valence-corrected chi connectivity index (χ1v) is 30.5. The van der Waals surface area contributed by atoms with Crippen molar-refractivity contribution >= 4 is 35.0 Å². The molecule has 0 spiro atoms. The summed E-state index contributed by atoms with van der Waals surface area (Å²) in [6, 6.07) is 56.3. The summed E-state index contributed by atoms with van der Waals surface area (Å²) in [5.74, 6) is 1.56. The van der Waals surface area contributed by atoms with Crippen LogP contribution >= 0.6 is 0 Å². The van der Waals surface area contributed by atoms with Crippen molar-refractivity contribution in [3.05, 3.63) is 336 Å². The molecule has 18 nitrogen and oxygen atoms in total. The molecule has 0 radical (unpaired) electrons. The Balaban J connectivity index is 0.000000142. The van der Waals surface area contributed by atoms with Gasteiger partial charge in [-0.05, 0) is 127 Å². The van der Waals surface area contributed by atoms with Crippen molar-refractivity contribution in [3.63, 3.8) is 0 Å². The molecule has 0 unspecified atom stereocenters. The van der Waals surface area contributed by atoms with E-state index in [4.69, 9.17) is 20.2 Å². The Morgan fingerprint density at radius 2 is 0.625 bits per heavy atom. The van der Waals surface area contributed by atoms with Crippen molar-refractivity contribution < 1.29 is 60.4 Å². The normalized spacial score (nSPS) is 15.3. The molecule has 12 aromatic heterocycles. The maximum absolute atomic E-state index is 4.90. The van der Waals surface area contributed by atoms with E-state index in [-0.39, 0.29) is 42.1 Å². The number of hydrogen-bond donors (Lipinski definition) is 0. The molecule has 2 aliphatic heterocycles. The van der Waals surface area contributed by atoms with Gasteiger partial charge >= 0.3 is 77.2 Å². The minimum absolute atomic E-state index is 0. The molecule has 20 heteroatoms. The van der Waals surface area contributed by atoms with Gasteiger partial charge in [-0.3, -0.25) is 39.9 Å². The van der Waals surface area contributed by atoms with Crippen LogP contribution < -0.4 is 10.2 Å². The summed E-state index contributed by atoms with van der Waals surface area (Å²) < 4.78 is 8.22. The Kier molecular flexibility index (Phi) is 13.4. The molecule has 2 aromatic carbocycles. The first kappa shape index (κ1) is 58.3. The third kappa shape index (κ3) is 7.60. The zero-order chi connectivity index (χ0) is 62.3. The second-order valence-electron chi connectivity index (χ2n) is 23.8. The fourth-order valence-electron chi connectivity index (χ4n) is 16.0. The van der Waals surface area contributed by atoms with Crippen LogP contribution in [0.2, 0.25) is 0 Å². The molecule has 14 aromatic rings. The van der Waals surface area contributed by atoms with Gasteiger partial charge in [-0.25, -0.2) is 0 Å². The van der Waals surface area contributed by atoms with Crippen molar-refractivity contribution in [2.24, 2.45) is 0 Å². The molecular weight excluding hydrogens is 1560 g/mol. The van der Waals surface area contributed by atoms with Crippen molar-refractivity contribution in [2.75, 3.05) is 14.1 Å². The smallest absolute Gasteiger partial charge is 0.581 e. The van der Waals surface area contributed by atoms with Crippen molar-refractivity contribution in [1.82, 2.24) is 70.2 Å².